The number of carboxylic acid groups (broad SMARTS) is 1. The molecule has 5 nitrogen and oxygen atoms in total. The summed E-state index contributed by atoms with van der Waals surface area (Å²) in [4.78, 5) is 27.4. The SMILES string of the molecule is CN(C(=O)c1cc2c(F)cccc2[nH]1)C(C)(C)C(=O)O. The number of carbonyl (C=O) groups is 2. The van der Waals surface area contributed by atoms with Crippen molar-refractivity contribution in [1.29, 1.82) is 0 Å². The number of aromatic amines is 1. The van der Waals surface area contributed by atoms with E-state index in [1.165, 1.54) is 39.1 Å². The minimum Gasteiger partial charge on any atom is -0.480 e. The lowest BCUT2D eigenvalue weighted by Gasteiger charge is -2.31. The molecule has 106 valence electrons. The summed E-state index contributed by atoms with van der Waals surface area (Å²) < 4.78 is 13.6. The molecule has 0 aliphatic heterocycles. The van der Waals surface area contributed by atoms with Gasteiger partial charge in [0.15, 0.2) is 0 Å². The van der Waals surface area contributed by atoms with Crippen LogP contribution >= 0.6 is 0 Å². The van der Waals surface area contributed by atoms with E-state index in [0.29, 0.717) is 10.9 Å². The van der Waals surface area contributed by atoms with Gasteiger partial charge in [-0.2, -0.15) is 0 Å². The molecular formula is C14H15FN2O3. The molecule has 0 fully saturated rings. The van der Waals surface area contributed by atoms with Crippen molar-refractivity contribution in [3.05, 3.63) is 35.8 Å². The number of aliphatic carboxylic acids is 1. The van der Waals surface area contributed by atoms with E-state index in [-0.39, 0.29) is 5.69 Å². The van der Waals surface area contributed by atoms with Crippen LogP contribution in [-0.2, 0) is 4.79 Å². The van der Waals surface area contributed by atoms with Gasteiger partial charge < -0.3 is 15.0 Å². The summed E-state index contributed by atoms with van der Waals surface area (Å²) in [6, 6.07) is 5.88. The highest BCUT2D eigenvalue weighted by atomic mass is 19.1. The Labute approximate surface area is 115 Å². The van der Waals surface area contributed by atoms with Crippen molar-refractivity contribution in [3.63, 3.8) is 0 Å². The molecule has 20 heavy (non-hydrogen) atoms. The van der Waals surface area contributed by atoms with Crippen molar-refractivity contribution in [2.45, 2.75) is 19.4 Å². The van der Waals surface area contributed by atoms with Gasteiger partial charge in [0.25, 0.3) is 5.91 Å². The van der Waals surface area contributed by atoms with Gasteiger partial charge in [-0.05, 0) is 32.0 Å². The number of H-pyrrole nitrogens is 1. The van der Waals surface area contributed by atoms with Gasteiger partial charge in [0.05, 0.1) is 0 Å². The van der Waals surface area contributed by atoms with Crippen molar-refractivity contribution in [2.75, 3.05) is 7.05 Å². The van der Waals surface area contributed by atoms with Gasteiger partial charge >= 0.3 is 5.97 Å². The van der Waals surface area contributed by atoms with E-state index in [1.54, 1.807) is 6.07 Å². The highest BCUT2D eigenvalue weighted by Gasteiger charge is 2.36. The third kappa shape index (κ3) is 2.13. The first-order valence-corrected chi connectivity index (χ1v) is 6.04. The Balaban J connectivity index is 2.41. The maximum atomic E-state index is 13.6. The summed E-state index contributed by atoms with van der Waals surface area (Å²) in [5, 5.41) is 9.43. The smallest absolute Gasteiger partial charge is 0.329 e. The van der Waals surface area contributed by atoms with E-state index in [9.17, 15) is 14.0 Å². The number of likely N-dealkylation sites (N-methyl/N-ethyl adjacent to an activating group) is 1. The number of amides is 1. The molecule has 0 spiro atoms. The van der Waals surface area contributed by atoms with Crippen molar-refractivity contribution in [3.8, 4) is 0 Å². The molecule has 6 heteroatoms. The highest BCUT2D eigenvalue weighted by molar-refractivity contribution is 6.00. The van der Waals surface area contributed by atoms with Crippen LogP contribution in [0.1, 0.15) is 24.3 Å². The molecule has 1 aromatic carbocycles. The van der Waals surface area contributed by atoms with Gasteiger partial charge in [0, 0.05) is 18.0 Å². The first-order valence-electron chi connectivity index (χ1n) is 6.04. The average Bonchev–Trinajstić information content (AvgIpc) is 2.82. The highest BCUT2D eigenvalue weighted by Crippen LogP contribution is 2.21. The molecule has 0 saturated carbocycles. The molecule has 0 aliphatic carbocycles. The second-order valence-corrected chi connectivity index (χ2v) is 5.11. The fourth-order valence-electron chi connectivity index (χ4n) is 1.81. The van der Waals surface area contributed by atoms with Gasteiger partial charge in [-0.25, -0.2) is 9.18 Å². The van der Waals surface area contributed by atoms with E-state index < -0.39 is 23.2 Å². The minimum atomic E-state index is -1.35. The lowest BCUT2D eigenvalue weighted by atomic mass is 10.0. The summed E-state index contributed by atoms with van der Waals surface area (Å²) >= 11 is 0. The number of halogens is 1. The maximum Gasteiger partial charge on any atom is 0.329 e. The predicted molar refractivity (Wildman–Crippen MR) is 72.1 cm³/mol. The Bertz CT molecular complexity index is 691. The fourth-order valence-corrected chi connectivity index (χ4v) is 1.81. The van der Waals surface area contributed by atoms with E-state index in [4.69, 9.17) is 5.11 Å². The van der Waals surface area contributed by atoms with Gasteiger partial charge in [-0.15, -0.1) is 0 Å². The van der Waals surface area contributed by atoms with Crippen molar-refractivity contribution < 1.29 is 19.1 Å². The van der Waals surface area contributed by atoms with Crippen LogP contribution in [0.5, 0.6) is 0 Å². The molecule has 0 saturated heterocycles. The van der Waals surface area contributed by atoms with Gasteiger partial charge in [-0.1, -0.05) is 6.07 Å². The molecule has 2 N–H and O–H groups in total. The van der Waals surface area contributed by atoms with E-state index in [1.807, 2.05) is 0 Å². The summed E-state index contributed by atoms with van der Waals surface area (Å²) in [5.41, 5.74) is -0.704. The summed E-state index contributed by atoms with van der Waals surface area (Å²) in [6.45, 7) is 2.85. The largest absolute Gasteiger partial charge is 0.480 e. The van der Waals surface area contributed by atoms with E-state index in [2.05, 4.69) is 4.98 Å². The fraction of sp³-hybridized carbons (Fsp3) is 0.286. The van der Waals surface area contributed by atoms with E-state index >= 15 is 0 Å². The van der Waals surface area contributed by atoms with Crippen LogP contribution in [0.3, 0.4) is 0 Å². The summed E-state index contributed by atoms with van der Waals surface area (Å²) in [6.07, 6.45) is 0. The molecule has 0 aliphatic rings. The molecule has 0 unspecified atom stereocenters. The average molecular weight is 278 g/mol. The van der Waals surface area contributed by atoms with Crippen LogP contribution in [0, 0.1) is 5.82 Å². The molecule has 0 bridgehead atoms. The van der Waals surface area contributed by atoms with Gasteiger partial charge in [-0.3, -0.25) is 4.79 Å². The zero-order valence-electron chi connectivity index (χ0n) is 11.4. The second-order valence-electron chi connectivity index (χ2n) is 5.11. The Morgan fingerprint density at radius 2 is 2.00 bits per heavy atom. The standard InChI is InChI=1S/C14H15FN2O3/c1-14(2,13(19)20)17(3)12(18)11-7-8-9(15)5-4-6-10(8)16-11/h4-7,16H,1-3H3,(H,19,20). The van der Waals surface area contributed by atoms with Crippen molar-refractivity contribution >= 4 is 22.8 Å². The Morgan fingerprint density at radius 1 is 1.35 bits per heavy atom. The number of carboxylic acids is 1. The lowest BCUT2D eigenvalue weighted by Crippen LogP contribution is -2.50. The monoisotopic (exact) mass is 278 g/mol. The number of aromatic nitrogens is 1. The third-order valence-corrected chi connectivity index (χ3v) is 3.51. The van der Waals surface area contributed by atoms with Crippen LogP contribution in [0.4, 0.5) is 4.39 Å². The normalized spacial score (nSPS) is 11.6. The Kier molecular flexibility index (Phi) is 3.25. The number of hydrogen-bond acceptors (Lipinski definition) is 2. The number of nitrogens with zero attached hydrogens (tertiary/aromatic N) is 1. The first kappa shape index (κ1) is 14.0. The van der Waals surface area contributed by atoms with Gasteiger partial charge in [0.1, 0.15) is 17.1 Å². The van der Waals surface area contributed by atoms with Crippen molar-refractivity contribution in [2.24, 2.45) is 0 Å². The zero-order valence-corrected chi connectivity index (χ0v) is 11.4. The number of nitrogens with one attached hydrogen (secondary N) is 1. The Hall–Kier alpha value is -2.37. The zero-order chi connectivity index (χ0) is 15.1. The van der Waals surface area contributed by atoms with Crippen LogP contribution < -0.4 is 0 Å². The topological polar surface area (TPSA) is 73.4 Å². The number of fused-ring (bicyclic) bond motifs is 1. The number of hydrogen-bond donors (Lipinski definition) is 2. The third-order valence-electron chi connectivity index (χ3n) is 3.51. The second kappa shape index (κ2) is 4.63. The molecule has 0 atom stereocenters. The van der Waals surface area contributed by atoms with Crippen LogP contribution in [0.2, 0.25) is 0 Å². The van der Waals surface area contributed by atoms with Crippen molar-refractivity contribution in [1.82, 2.24) is 9.88 Å². The lowest BCUT2D eigenvalue weighted by molar-refractivity contribution is -0.147. The Morgan fingerprint density at radius 3 is 2.55 bits per heavy atom. The van der Waals surface area contributed by atoms with Gasteiger partial charge in [0.2, 0.25) is 0 Å². The minimum absolute atomic E-state index is 0.155. The van der Waals surface area contributed by atoms with E-state index in [0.717, 1.165) is 4.90 Å². The van der Waals surface area contributed by atoms with Crippen LogP contribution in [0.15, 0.2) is 24.3 Å². The molecule has 1 amide bonds. The molecule has 1 heterocycles. The molecule has 0 radical (unpaired) electrons. The van der Waals surface area contributed by atoms with Crippen LogP contribution in [0.25, 0.3) is 10.9 Å². The predicted octanol–water partition coefficient (Wildman–Crippen LogP) is 2.24. The maximum absolute atomic E-state index is 13.6. The number of carbonyl (C=O) groups excluding carboxylic acids is 1. The first-order chi connectivity index (χ1) is 9.25. The summed E-state index contributed by atoms with van der Waals surface area (Å²) in [7, 11) is 1.40. The summed E-state index contributed by atoms with van der Waals surface area (Å²) in [5.74, 6) is -2.05. The number of benzene rings is 1. The molecule has 2 rings (SSSR count). The van der Waals surface area contributed by atoms with Crippen LogP contribution in [-0.4, -0.2) is 39.5 Å². The molecule has 1 aromatic heterocycles. The molecular weight excluding hydrogens is 263 g/mol. The number of rotatable bonds is 3. The molecule has 2 aromatic rings. The quantitative estimate of drug-likeness (QED) is 0.904.